The number of hydrogen-bond acceptors (Lipinski definition) is 5. The van der Waals surface area contributed by atoms with E-state index in [0.29, 0.717) is 16.8 Å². The lowest BCUT2D eigenvalue weighted by molar-refractivity contribution is -0.118. The van der Waals surface area contributed by atoms with Gasteiger partial charge >= 0.3 is 7.60 Å². The third kappa shape index (κ3) is 12.7. The third-order valence-electron chi connectivity index (χ3n) is 7.87. The molecule has 5 aromatic carbocycles. The number of benzene rings is 5. The lowest BCUT2D eigenvalue weighted by Gasteiger charge is -2.17. The maximum absolute atomic E-state index is 13.0. The molecule has 1 atom stereocenters. The van der Waals surface area contributed by atoms with Crippen molar-refractivity contribution in [2.45, 2.75) is 44.1 Å². The number of fused-ring (bicyclic) bond motifs is 4. The summed E-state index contributed by atoms with van der Waals surface area (Å²) in [5.74, 6) is 0.111. The Labute approximate surface area is 365 Å². The molecule has 0 amide bonds. The van der Waals surface area contributed by atoms with Crippen LogP contribution in [0.25, 0.3) is 41.0 Å². The van der Waals surface area contributed by atoms with Crippen molar-refractivity contribution in [2.24, 2.45) is 0 Å². The number of hydrogen-bond donors (Lipinski definition) is 2. The zero-order chi connectivity index (χ0) is 39.9. The standard InChI is InChI=1S/C21H16BrO4PS.C9H6BrClS.C8H5BrS.C4H12Si/c22-16-7-8-20-17(11-16)18(12-28-20)21(27(24,25)26)19(23)10-13-5-6-14-3-1-2-4-15(14)9-13;10-7-1-2-9-8(3-7)6(4-11)5-12-9;9-7-1-2-8-6(5-7)3-4-10-8;1-5(2,3)4/h1-9,11-12,21H,10H2,(H2,24,25,26);1-3,5H,4H2;1-5H;1-4H3. The van der Waals surface area contributed by atoms with E-state index in [1.54, 1.807) is 34.1 Å². The molecule has 13 heteroatoms. The topological polar surface area (TPSA) is 74.6 Å². The molecule has 2 N–H and O–H groups in total. The zero-order valence-electron chi connectivity index (χ0n) is 30.4. The highest BCUT2D eigenvalue weighted by atomic mass is 79.9. The minimum Gasteiger partial charge on any atom is -0.324 e. The molecule has 3 aromatic heterocycles. The first-order valence-electron chi connectivity index (χ1n) is 17.1. The Morgan fingerprint density at radius 3 is 1.89 bits per heavy atom. The average Bonchev–Trinajstić information content (AvgIpc) is 3.86. The van der Waals surface area contributed by atoms with Gasteiger partial charge in [0.1, 0.15) is 5.66 Å². The lowest BCUT2D eigenvalue weighted by atomic mass is 9.99. The third-order valence-corrected chi connectivity index (χ3v) is 13.8. The summed E-state index contributed by atoms with van der Waals surface area (Å²) in [4.78, 5) is 33.0. The molecule has 8 aromatic rings. The minimum atomic E-state index is -4.68. The molecule has 55 heavy (non-hydrogen) atoms. The highest BCUT2D eigenvalue weighted by Gasteiger charge is 2.38. The van der Waals surface area contributed by atoms with Crippen LogP contribution in [-0.4, -0.2) is 23.6 Å². The average molecular weight is 1040 g/mol. The van der Waals surface area contributed by atoms with Crippen molar-refractivity contribution in [3.05, 3.63) is 149 Å². The Hall–Kier alpha value is -1.99. The Morgan fingerprint density at radius 1 is 0.691 bits per heavy atom. The summed E-state index contributed by atoms with van der Waals surface area (Å²) < 4.78 is 18.9. The molecule has 3 heterocycles. The van der Waals surface area contributed by atoms with Crippen LogP contribution in [0.4, 0.5) is 0 Å². The molecule has 8 rings (SSSR count). The molecule has 0 saturated carbocycles. The second kappa shape index (κ2) is 19.6. The van der Waals surface area contributed by atoms with Gasteiger partial charge in [0.25, 0.3) is 0 Å². The van der Waals surface area contributed by atoms with Crippen LogP contribution in [0.15, 0.2) is 133 Å². The van der Waals surface area contributed by atoms with E-state index in [9.17, 15) is 19.1 Å². The van der Waals surface area contributed by atoms with Crippen LogP contribution in [0.5, 0.6) is 0 Å². The summed E-state index contributed by atoms with van der Waals surface area (Å²) in [7, 11) is -5.29. The molecule has 1 unspecified atom stereocenters. The molecule has 286 valence electrons. The molecule has 4 nitrogen and oxygen atoms in total. The molecule has 0 saturated heterocycles. The van der Waals surface area contributed by atoms with Gasteiger partial charge < -0.3 is 9.79 Å². The Kier molecular flexibility index (Phi) is 15.8. The van der Waals surface area contributed by atoms with Crippen LogP contribution in [0, 0.1) is 0 Å². The number of carbonyl (C=O) groups is 1. The van der Waals surface area contributed by atoms with Gasteiger partial charge in [-0.3, -0.25) is 9.36 Å². The van der Waals surface area contributed by atoms with Crippen molar-refractivity contribution < 1.29 is 19.1 Å². The van der Waals surface area contributed by atoms with Gasteiger partial charge in [-0.15, -0.1) is 45.6 Å². The van der Waals surface area contributed by atoms with Gasteiger partial charge in [0.15, 0.2) is 5.78 Å². The summed E-state index contributed by atoms with van der Waals surface area (Å²) in [6, 6.07) is 33.7. The Balaban J connectivity index is 0.000000175. The van der Waals surface area contributed by atoms with Gasteiger partial charge in [0.05, 0.1) is 0 Å². The van der Waals surface area contributed by atoms with Gasteiger partial charge in [-0.05, 0) is 120 Å². The normalized spacial score (nSPS) is 12.0. The zero-order valence-corrected chi connectivity index (χ0v) is 40.3. The fraction of sp³-hybridized carbons (Fsp3) is 0.167. The summed E-state index contributed by atoms with van der Waals surface area (Å²) >= 11 is 20.9. The lowest BCUT2D eigenvalue weighted by Crippen LogP contribution is -2.15. The van der Waals surface area contributed by atoms with Crippen LogP contribution in [0.1, 0.15) is 22.3 Å². The molecule has 0 bridgehead atoms. The van der Waals surface area contributed by atoms with Crippen LogP contribution in [-0.2, 0) is 21.7 Å². The molecular weight excluding hydrogens is 999 g/mol. The fourth-order valence-electron chi connectivity index (χ4n) is 5.52. The van der Waals surface area contributed by atoms with Crippen LogP contribution in [0.2, 0.25) is 26.2 Å². The quantitative estimate of drug-likeness (QED) is 0.0989. The number of Topliss-reactive ketones (excluding diaryl/α,β-unsaturated/α-hetero) is 1. The molecular formula is C42H39Br3ClO4PS3Si. The predicted molar refractivity (Wildman–Crippen MR) is 255 cm³/mol. The van der Waals surface area contributed by atoms with Crippen LogP contribution < -0.4 is 0 Å². The number of ketones is 1. The van der Waals surface area contributed by atoms with E-state index in [2.05, 4.69) is 127 Å². The van der Waals surface area contributed by atoms with Gasteiger partial charge in [-0.2, -0.15) is 0 Å². The van der Waals surface area contributed by atoms with E-state index in [1.165, 1.54) is 37.1 Å². The first kappa shape index (κ1) is 44.1. The fourth-order valence-corrected chi connectivity index (χ4v) is 10.8. The van der Waals surface area contributed by atoms with E-state index in [-0.39, 0.29) is 6.42 Å². The van der Waals surface area contributed by atoms with Gasteiger partial charge in [0, 0.05) is 47.9 Å². The molecule has 0 aliphatic heterocycles. The van der Waals surface area contributed by atoms with Gasteiger partial charge in [-0.25, -0.2) is 0 Å². The predicted octanol–water partition coefficient (Wildman–Crippen LogP) is 15.9. The highest BCUT2D eigenvalue weighted by molar-refractivity contribution is 9.11. The van der Waals surface area contributed by atoms with Crippen molar-refractivity contribution in [1.29, 1.82) is 0 Å². The van der Waals surface area contributed by atoms with Crippen LogP contribution >= 0.6 is 101 Å². The first-order chi connectivity index (χ1) is 26.0. The van der Waals surface area contributed by atoms with Crippen molar-refractivity contribution in [1.82, 2.24) is 0 Å². The Bertz CT molecular complexity index is 2600. The summed E-state index contributed by atoms with van der Waals surface area (Å²) in [5, 5.41) is 11.2. The number of halogens is 4. The number of thiophene rings is 3. The van der Waals surface area contributed by atoms with Crippen LogP contribution in [0.3, 0.4) is 0 Å². The molecule has 0 spiro atoms. The van der Waals surface area contributed by atoms with E-state index in [0.717, 1.165) is 34.5 Å². The van der Waals surface area contributed by atoms with E-state index in [4.69, 9.17) is 11.6 Å². The first-order valence-corrected chi connectivity index (χ1v) is 28.3. The van der Waals surface area contributed by atoms with E-state index < -0.39 is 27.1 Å². The van der Waals surface area contributed by atoms with Crippen molar-refractivity contribution >= 4 is 156 Å². The maximum Gasteiger partial charge on any atom is 0.340 e. The SMILES string of the molecule is Brc1ccc2sccc2c1.C[Si](C)(C)C.ClCc1csc2ccc(Br)cc12.O=C(Cc1ccc2ccccc2c1)C(c1csc2ccc(Br)cc12)P(=O)(O)O. The molecule has 0 fully saturated rings. The second-order valence-electron chi connectivity index (χ2n) is 14.3. The minimum absolute atomic E-state index is 0.0358. The van der Waals surface area contributed by atoms with Gasteiger partial charge in [0.2, 0.25) is 0 Å². The number of rotatable bonds is 6. The maximum atomic E-state index is 13.0. The Morgan fingerprint density at radius 2 is 1.25 bits per heavy atom. The van der Waals surface area contributed by atoms with E-state index in [1.807, 2.05) is 54.6 Å². The molecule has 0 aliphatic rings. The number of alkyl halides is 1. The van der Waals surface area contributed by atoms with Crippen molar-refractivity contribution in [2.75, 3.05) is 0 Å². The molecule has 0 radical (unpaired) electrons. The number of carbonyl (C=O) groups excluding carboxylic acids is 1. The summed E-state index contributed by atoms with van der Waals surface area (Å²) in [5.41, 5.74) is 0.878. The van der Waals surface area contributed by atoms with Gasteiger partial charge in [-0.1, -0.05) is 116 Å². The monoisotopic (exact) mass is 1030 g/mol. The largest absolute Gasteiger partial charge is 0.340 e. The van der Waals surface area contributed by atoms with Crippen molar-refractivity contribution in [3.63, 3.8) is 0 Å². The summed E-state index contributed by atoms with van der Waals surface area (Å²) in [6.45, 7) is 9.31. The summed E-state index contributed by atoms with van der Waals surface area (Å²) in [6.07, 6.45) is -0.0358. The smallest absolute Gasteiger partial charge is 0.324 e. The van der Waals surface area contributed by atoms with E-state index >= 15 is 0 Å². The highest BCUT2D eigenvalue weighted by Crippen LogP contribution is 2.55. The van der Waals surface area contributed by atoms with Crippen molar-refractivity contribution in [3.8, 4) is 0 Å². The molecule has 0 aliphatic carbocycles. The second-order valence-corrected chi connectivity index (χ2v) is 27.8.